The number of aromatic nitrogens is 3. The van der Waals surface area contributed by atoms with E-state index in [9.17, 15) is 4.79 Å². The molecule has 1 aliphatic heterocycles. The SMILES string of the molecule is CC1CCN(C(=O)CSc2nnc(C3CC3)n2C2CC2)CC1. The first-order valence-corrected chi connectivity index (χ1v) is 9.56. The van der Waals surface area contributed by atoms with Crippen LogP contribution < -0.4 is 0 Å². The summed E-state index contributed by atoms with van der Waals surface area (Å²) in [6.45, 7) is 4.11. The predicted octanol–water partition coefficient (Wildman–Crippen LogP) is 2.84. The molecule has 0 N–H and O–H groups in total. The zero-order valence-corrected chi connectivity index (χ0v) is 14.0. The van der Waals surface area contributed by atoms with Gasteiger partial charge in [-0.3, -0.25) is 4.79 Å². The van der Waals surface area contributed by atoms with Gasteiger partial charge in [-0.05, 0) is 44.4 Å². The van der Waals surface area contributed by atoms with Crippen molar-refractivity contribution in [2.75, 3.05) is 18.8 Å². The van der Waals surface area contributed by atoms with Crippen LogP contribution in [0.15, 0.2) is 5.16 Å². The summed E-state index contributed by atoms with van der Waals surface area (Å²) in [5.41, 5.74) is 0. The Balaban J connectivity index is 1.38. The minimum Gasteiger partial charge on any atom is -0.342 e. The molecule has 1 amide bonds. The second-order valence-corrected chi connectivity index (χ2v) is 8.01. The average molecular weight is 320 g/mol. The van der Waals surface area contributed by atoms with Gasteiger partial charge in [0.05, 0.1) is 5.75 Å². The number of likely N-dealkylation sites (tertiary alicyclic amines) is 1. The first kappa shape index (κ1) is 14.5. The number of hydrogen-bond donors (Lipinski definition) is 0. The predicted molar refractivity (Wildman–Crippen MR) is 86.0 cm³/mol. The fourth-order valence-corrected chi connectivity index (χ4v) is 4.07. The van der Waals surface area contributed by atoms with E-state index in [0.29, 0.717) is 17.7 Å². The van der Waals surface area contributed by atoms with E-state index in [0.717, 1.165) is 37.0 Å². The summed E-state index contributed by atoms with van der Waals surface area (Å²) in [6.07, 6.45) is 7.26. The fourth-order valence-electron chi connectivity index (χ4n) is 3.16. The lowest BCUT2D eigenvalue weighted by atomic mass is 9.99. The number of amides is 1. The Labute approximate surface area is 135 Å². The Kier molecular flexibility index (Phi) is 3.88. The quantitative estimate of drug-likeness (QED) is 0.783. The smallest absolute Gasteiger partial charge is 0.233 e. The lowest BCUT2D eigenvalue weighted by molar-refractivity contribution is -0.129. The third-order valence-corrected chi connectivity index (χ3v) is 5.93. The minimum absolute atomic E-state index is 0.259. The van der Waals surface area contributed by atoms with E-state index in [1.807, 2.05) is 4.90 Å². The number of piperidine rings is 1. The second kappa shape index (κ2) is 5.87. The molecule has 120 valence electrons. The van der Waals surface area contributed by atoms with Crippen molar-refractivity contribution >= 4 is 17.7 Å². The lowest BCUT2D eigenvalue weighted by Gasteiger charge is -2.30. The zero-order chi connectivity index (χ0) is 15.1. The van der Waals surface area contributed by atoms with Crippen LogP contribution in [0.2, 0.25) is 0 Å². The molecular formula is C16H24N4OS. The topological polar surface area (TPSA) is 51.0 Å². The average Bonchev–Trinajstić information content (AvgIpc) is 3.44. The normalized spacial score (nSPS) is 23.0. The Bertz CT molecular complexity index is 556. The van der Waals surface area contributed by atoms with Crippen molar-refractivity contribution in [3.8, 4) is 0 Å². The summed E-state index contributed by atoms with van der Waals surface area (Å²) < 4.78 is 2.33. The number of carbonyl (C=O) groups is 1. The van der Waals surface area contributed by atoms with Crippen molar-refractivity contribution in [2.45, 2.75) is 62.6 Å². The van der Waals surface area contributed by atoms with Crippen LogP contribution in [0.4, 0.5) is 0 Å². The molecule has 4 rings (SSSR count). The monoisotopic (exact) mass is 320 g/mol. The Morgan fingerprint density at radius 3 is 2.50 bits per heavy atom. The van der Waals surface area contributed by atoms with Crippen molar-refractivity contribution < 1.29 is 4.79 Å². The Hall–Kier alpha value is -1.04. The van der Waals surface area contributed by atoms with Crippen LogP contribution >= 0.6 is 11.8 Å². The Morgan fingerprint density at radius 1 is 1.14 bits per heavy atom. The minimum atomic E-state index is 0.259. The van der Waals surface area contributed by atoms with Gasteiger partial charge in [-0.25, -0.2) is 0 Å². The molecule has 0 bridgehead atoms. The number of thioether (sulfide) groups is 1. The maximum Gasteiger partial charge on any atom is 0.233 e. The highest BCUT2D eigenvalue weighted by Gasteiger charge is 2.36. The van der Waals surface area contributed by atoms with Gasteiger partial charge in [0, 0.05) is 25.0 Å². The molecule has 0 unspecified atom stereocenters. The molecule has 1 aromatic heterocycles. The van der Waals surface area contributed by atoms with Crippen LogP contribution in [0.5, 0.6) is 0 Å². The molecule has 2 aliphatic carbocycles. The van der Waals surface area contributed by atoms with Gasteiger partial charge < -0.3 is 9.47 Å². The largest absolute Gasteiger partial charge is 0.342 e. The molecule has 1 aromatic rings. The lowest BCUT2D eigenvalue weighted by Crippen LogP contribution is -2.38. The molecule has 0 aromatic carbocycles. The molecule has 3 aliphatic rings. The van der Waals surface area contributed by atoms with Crippen LogP contribution in [0.25, 0.3) is 0 Å². The molecule has 0 atom stereocenters. The summed E-state index contributed by atoms with van der Waals surface area (Å²) in [5, 5.41) is 9.74. The third-order valence-electron chi connectivity index (χ3n) is 5.01. The van der Waals surface area contributed by atoms with Gasteiger partial charge in [-0.1, -0.05) is 18.7 Å². The number of carbonyl (C=O) groups excluding carboxylic acids is 1. The number of hydrogen-bond acceptors (Lipinski definition) is 4. The number of nitrogens with zero attached hydrogens (tertiary/aromatic N) is 4. The van der Waals surface area contributed by atoms with Crippen LogP contribution in [0.1, 0.15) is 63.2 Å². The maximum atomic E-state index is 12.4. The molecule has 3 fully saturated rings. The molecule has 2 heterocycles. The zero-order valence-electron chi connectivity index (χ0n) is 13.2. The molecule has 0 spiro atoms. The van der Waals surface area contributed by atoms with E-state index >= 15 is 0 Å². The summed E-state index contributed by atoms with van der Waals surface area (Å²) >= 11 is 1.58. The fraction of sp³-hybridized carbons (Fsp3) is 0.812. The molecule has 5 nitrogen and oxygen atoms in total. The molecule has 2 saturated carbocycles. The Morgan fingerprint density at radius 2 is 1.86 bits per heavy atom. The number of rotatable bonds is 5. The van der Waals surface area contributed by atoms with E-state index in [2.05, 4.69) is 21.7 Å². The van der Waals surface area contributed by atoms with Crippen LogP contribution in [0.3, 0.4) is 0 Å². The van der Waals surface area contributed by atoms with Crippen molar-refractivity contribution in [2.24, 2.45) is 5.92 Å². The molecule has 0 radical (unpaired) electrons. The van der Waals surface area contributed by atoms with Gasteiger partial charge in [0.1, 0.15) is 5.82 Å². The summed E-state index contributed by atoms with van der Waals surface area (Å²) in [4.78, 5) is 14.4. The first-order chi connectivity index (χ1) is 10.7. The highest BCUT2D eigenvalue weighted by atomic mass is 32.2. The van der Waals surface area contributed by atoms with Crippen molar-refractivity contribution in [1.82, 2.24) is 19.7 Å². The van der Waals surface area contributed by atoms with E-state index < -0.39 is 0 Å². The van der Waals surface area contributed by atoms with Crippen LogP contribution in [-0.4, -0.2) is 44.4 Å². The van der Waals surface area contributed by atoms with E-state index in [1.54, 1.807) is 11.8 Å². The van der Waals surface area contributed by atoms with E-state index in [4.69, 9.17) is 0 Å². The maximum absolute atomic E-state index is 12.4. The molecular weight excluding hydrogens is 296 g/mol. The van der Waals surface area contributed by atoms with E-state index in [-0.39, 0.29) is 5.91 Å². The highest BCUT2D eigenvalue weighted by Crippen LogP contribution is 2.46. The van der Waals surface area contributed by atoms with Crippen LogP contribution in [-0.2, 0) is 4.79 Å². The van der Waals surface area contributed by atoms with E-state index in [1.165, 1.54) is 31.5 Å². The van der Waals surface area contributed by atoms with Gasteiger partial charge in [0.2, 0.25) is 5.91 Å². The first-order valence-electron chi connectivity index (χ1n) is 8.57. The second-order valence-electron chi connectivity index (χ2n) is 7.07. The van der Waals surface area contributed by atoms with Crippen molar-refractivity contribution in [3.05, 3.63) is 5.82 Å². The van der Waals surface area contributed by atoms with Crippen molar-refractivity contribution in [1.29, 1.82) is 0 Å². The summed E-state index contributed by atoms with van der Waals surface area (Å²) in [7, 11) is 0. The van der Waals surface area contributed by atoms with Gasteiger partial charge in [0.25, 0.3) is 0 Å². The summed E-state index contributed by atoms with van der Waals surface area (Å²) in [6, 6.07) is 0.596. The molecule has 22 heavy (non-hydrogen) atoms. The highest BCUT2D eigenvalue weighted by molar-refractivity contribution is 7.99. The van der Waals surface area contributed by atoms with Gasteiger partial charge in [-0.2, -0.15) is 0 Å². The van der Waals surface area contributed by atoms with Gasteiger partial charge in [0.15, 0.2) is 5.16 Å². The third kappa shape index (κ3) is 3.03. The molecule has 1 saturated heterocycles. The van der Waals surface area contributed by atoms with Gasteiger partial charge in [-0.15, -0.1) is 10.2 Å². The summed E-state index contributed by atoms with van der Waals surface area (Å²) in [5.74, 6) is 3.32. The standard InChI is InChI=1S/C16H24N4OS/c1-11-6-8-19(9-7-11)14(21)10-22-16-18-17-15(12-2-3-12)20(16)13-4-5-13/h11-13H,2-10H2,1H3. The van der Waals surface area contributed by atoms with Crippen LogP contribution in [0, 0.1) is 5.92 Å². The molecule has 6 heteroatoms. The van der Waals surface area contributed by atoms with Gasteiger partial charge >= 0.3 is 0 Å². The van der Waals surface area contributed by atoms with Crippen molar-refractivity contribution in [3.63, 3.8) is 0 Å².